The number of aromatic carboxylic acids is 1. The quantitative estimate of drug-likeness (QED) is 0.528. The number of ether oxygens (including phenoxy) is 1. The number of rotatable bonds is 4. The minimum absolute atomic E-state index is 0.0249. The number of nitrogens with zero attached hydrogens (tertiary/aromatic N) is 3. The second kappa shape index (κ2) is 7.06. The molecule has 8 nitrogen and oxygen atoms in total. The van der Waals surface area contributed by atoms with Crippen LogP contribution in [-0.2, 0) is 0 Å². The zero-order chi connectivity index (χ0) is 20.7. The van der Waals surface area contributed by atoms with Gasteiger partial charge in [0.25, 0.3) is 5.56 Å². The van der Waals surface area contributed by atoms with E-state index < -0.39 is 11.5 Å². The van der Waals surface area contributed by atoms with Gasteiger partial charge in [0.1, 0.15) is 11.5 Å². The molecule has 0 aliphatic rings. The van der Waals surface area contributed by atoms with Gasteiger partial charge in [-0.25, -0.2) is 14.5 Å². The number of carbonyl (C=O) groups is 1. The van der Waals surface area contributed by atoms with E-state index in [9.17, 15) is 9.59 Å². The monoisotopic (exact) mass is 410 g/mol. The second-order valence-corrected chi connectivity index (χ2v) is 6.90. The summed E-state index contributed by atoms with van der Waals surface area (Å²) in [6.45, 7) is 3.85. The molecule has 0 aliphatic heterocycles. The van der Waals surface area contributed by atoms with Crippen molar-refractivity contribution in [2.75, 3.05) is 0 Å². The van der Waals surface area contributed by atoms with Gasteiger partial charge in [-0.15, -0.1) is 0 Å². The summed E-state index contributed by atoms with van der Waals surface area (Å²) in [5, 5.41) is 13.5. The Morgan fingerprint density at radius 1 is 1.24 bits per heavy atom. The highest BCUT2D eigenvalue weighted by molar-refractivity contribution is 6.32. The molecule has 4 aromatic rings. The molecule has 9 heteroatoms. The Morgan fingerprint density at radius 2 is 1.97 bits per heavy atom. The van der Waals surface area contributed by atoms with E-state index in [1.807, 2.05) is 32.0 Å². The molecule has 2 aromatic carbocycles. The minimum atomic E-state index is -1.13. The summed E-state index contributed by atoms with van der Waals surface area (Å²) in [6, 6.07) is 8.84. The fourth-order valence-corrected chi connectivity index (χ4v) is 3.13. The van der Waals surface area contributed by atoms with E-state index in [1.54, 1.807) is 0 Å². The highest BCUT2D eigenvalue weighted by Gasteiger charge is 2.14. The standard InChI is InChI=1S/C20H15ClN4O4/c1-10-4-3-5-11(2)17(10)29-16-6-13-15(7-14(16)21)23-20(24-18(13)26)25-9-12(8-22-25)19(27)28/h3-9H,1-2H3,(H,27,28)(H,23,24,26). The molecule has 0 spiro atoms. The van der Waals surface area contributed by atoms with Gasteiger partial charge in [-0.3, -0.25) is 9.78 Å². The van der Waals surface area contributed by atoms with Crippen molar-refractivity contribution in [1.29, 1.82) is 0 Å². The molecule has 0 radical (unpaired) electrons. The van der Waals surface area contributed by atoms with Crippen LogP contribution in [0.3, 0.4) is 0 Å². The first-order chi connectivity index (χ1) is 13.8. The lowest BCUT2D eigenvalue weighted by molar-refractivity contribution is 0.0697. The predicted molar refractivity (Wildman–Crippen MR) is 107 cm³/mol. The minimum Gasteiger partial charge on any atom is -0.478 e. The normalized spacial score (nSPS) is 11.0. The number of nitrogens with one attached hydrogen (secondary N) is 1. The Balaban J connectivity index is 1.79. The number of carboxylic acid groups (broad SMARTS) is 1. The molecule has 0 fully saturated rings. The highest BCUT2D eigenvalue weighted by atomic mass is 35.5. The van der Waals surface area contributed by atoms with Crippen molar-refractivity contribution < 1.29 is 14.6 Å². The molecule has 2 heterocycles. The Kier molecular flexibility index (Phi) is 4.56. The molecule has 4 rings (SSSR count). The molecule has 0 bridgehead atoms. The zero-order valence-electron chi connectivity index (χ0n) is 15.4. The number of benzene rings is 2. The van der Waals surface area contributed by atoms with E-state index in [0.717, 1.165) is 11.1 Å². The number of carboxylic acids is 1. The van der Waals surface area contributed by atoms with Gasteiger partial charge in [0.2, 0.25) is 5.95 Å². The van der Waals surface area contributed by atoms with Gasteiger partial charge in [0.15, 0.2) is 0 Å². The maximum absolute atomic E-state index is 12.6. The number of hydrogen-bond donors (Lipinski definition) is 2. The molecule has 0 saturated heterocycles. The van der Waals surface area contributed by atoms with Crippen molar-refractivity contribution in [3.63, 3.8) is 0 Å². The zero-order valence-corrected chi connectivity index (χ0v) is 16.2. The molecule has 0 atom stereocenters. The Hall–Kier alpha value is -3.65. The van der Waals surface area contributed by atoms with Crippen molar-refractivity contribution >= 4 is 28.5 Å². The number of aromatic nitrogens is 4. The van der Waals surface area contributed by atoms with E-state index >= 15 is 0 Å². The van der Waals surface area contributed by atoms with Gasteiger partial charge < -0.3 is 9.84 Å². The molecule has 2 aromatic heterocycles. The number of aromatic amines is 1. The molecule has 0 aliphatic carbocycles. The summed E-state index contributed by atoms with van der Waals surface area (Å²) in [7, 11) is 0. The lowest BCUT2D eigenvalue weighted by Gasteiger charge is -2.13. The predicted octanol–water partition coefficient (Wildman–Crippen LogP) is 3.87. The summed E-state index contributed by atoms with van der Waals surface area (Å²) >= 11 is 6.38. The van der Waals surface area contributed by atoms with E-state index in [2.05, 4.69) is 15.1 Å². The van der Waals surface area contributed by atoms with Crippen LogP contribution in [0, 0.1) is 13.8 Å². The lowest BCUT2D eigenvalue weighted by Crippen LogP contribution is -2.14. The maximum Gasteiger partial charge on any atom is 0.338 e. The third kappa shape index (κ3) is 3.45. The SMILES string of the molecule is Cc1cccc(C)c1Oc1cc2c(=O)[nH]c(-n3cc(C(=O)O)cn3)nc2cc1Cl. The van der Waals surface area contributed by atoms with Crippen LogP contribution in [0.15, 0.2) is 47.5 Å². The van der Waals surface area contributed by atoms with Crippen LogP contribution in [0.25, 0.3) is 16.9 Å². The number of H-pyrrole nitrogens is 1. The van der Waals surface area contributed by atoms with Gasteiger partial charge in [0, 0.05) is 6.20 Å². The number of halogens is 1. The third-order valence-electron chi connectivity index (χ3n) is 4.41. The molecule has 0 saturated carbocycles. The van der Waals surface area contributed by atoms with Gasteiger partial charge in [-0.05, 0) is 37.1 Å². The first-order valence-electron chi connectivity index (χ1n) is 8.59. The summed E-state index contributed by atoms with van der Waals surface area (Å²) < 4.78 is 7.16. The van der Waals surface area contributed by atoms with Crippen molar-refractivity contribution in [1.82, 2.24) is 19.7 Å². The number of para-hydroxylation sites is 1. The Bertz CT molecular complexity index is 1310. The third-order valence-corrected chi connectivity index (χ3v) is 4.71. The summed E-state index contributed by atoms with van der Waals surface area (Å²) in [6.07, 6.45) is 2.42. The van der Waals surface area contributed by atoms with E-state index in [-0.39, 0.29) is 21.9 Å². The lowest BCUT2D eigenvalue weighted by atomic mass is 10.1. The van der Waals surface area contributed by atoms with E-state index in [0.29, 0.717) is 17.0 Å². The smallest absolute Gasteiger partial charge is 0.338 e. The fourth-order valence-electron chi connectivity index (χ4n) is 2.93. The van der Waals surface area contributed by atoms with Gasteiger partial charge in [-0.2, -0.15) is 5.10 Å². The molecule has 29 heavy (non-hydrogen) atoms. The number of aryl methyl sites for hydroxylation is 2. The van der Waals surface area contributed by atoms with Crippen molar-refractivity contribution in [2.24, 2.45) is 0 Å². The van der Waals surface area contributed by atoms with Crippen LogP contribution >= 0.6 is 11.6 Å². The van der Waals surface area contributed by atoms with E-state index in [1.165, 1.54) is 29.2 Å². The Morgan fingerprint density at radius 3 is 2.62 bits per heavy atom. The molecule has 0 amide bonds. The first kappa shape index (κ1) is 18.7. The molecule has 0 unspecified atom stereocenters. The van der Waals surface area contributed by atoms with Crippen LogP contribution in [0.5, 0.6) is 11.5 Å². The van der Waals surface area contributed by atoms with Crippen LogP contribution in [0.4, 0.5) is 0 Å². The van der Waals surface area contributed by atoms with Gasteiger partial charge in [0.05, 0.1) is 27.7 Å². The topological polar surface area (TPSA) is 110 Å². The largest absolute Gasteiger partial charge is 0.478 e. The summed E-state index contributed by atoms with van der Waals surface area (Å²) in [4.78, 5) is 30.6. The van der Waals surface area contributed by atoms with Crippen molar-refractivity contribution in [3.8, 4) is 17.4 Å². The van der Waals surface area contributed by atoms with Crippen LogP contribution in [-0.4, -0.2) is 30.8 Å². The van der Waals surface area contributed by atoms with Gasteiger partial charge >= 0.3 is 5.97 Å². The van der Waals surface area contributed by atoms with Crippen LogP contribution in [0.2, 0.25) is 5.02 Å². The average molecular weight is 411 g/mol. The first-order valence-corrected chi connectivity index (χ1v) is 8.97. The summed E-state index contributed by atoms with van der Waals surface area (Å²) in [5.41, 5.74) is 1.76. The van der Waals surface area contributed by atoms with Gasteiger partial charge in [-0.1, -0.05) is 29.8 Å². The Labute approximate surface area is 169 Å². The highest BCUT2D eigenvalue weighted by Crippen LogP contribution is 2.35. The fraction of sp³-hybridized carbons (Fsp3) is 0.100. The van der Waals surface area contributed by atoms with Crippen molar-refractivity contribution in [3.05, 3.63) is 74.8 Å². The molecular formula is C20H15ClN4O4. The van der Waals surface area contributed by atoms with Crippen molar-refractivity contribution in [2.45, 2.75) is 13.8 Å². The van der Waals surface area contributed by atoms with Crippen LogP contribution in [0.1, 0.15) is 21.5 Å². The molecule has 146 valence electrons. The molecule has 2 N–H and O–H groups in total. The molecular weight excluding hydrogens is 396 g/mol. The van der Waals surface area contributed by atoms with E-state index in [4.69, 9.17) is 21.4 Å². The van der Waals surface area contributed by atoms with Crippen LogP contribution < -0.4 is 10.3 Å². The maximum atomic E-state index is 12.6. The second-order valence-electron chi connectivity index (χ2n) is 6.49. The number of hydrogen-bond acceptors (Lipinski definition) is 5. The number of fused-ring (bicyclic) bond motifs is 1. The average Bonchev–Trinajstić information content (AvgIpc) is 3.16. The summed E-state index contributed by atoms with van der Waals surface area (Å²) in [5.74, 6) is -0.0402.